The smallest absolute Gasteiger partial charge is 0.303 e. The average Bonchev–Trinajstić information content (AvgIpc) is 2.73. The molecule has 1 unspecified atom stereocenters. The van der Waals surface area contributed by atoms with E-state index in [4.69, 9.17) is 9.47 Å². The van der Waals surface area contributed by atoms with Crippen molar-refractivity contribution in [2.24, 2.45) is 0 Å². The van der Waals surface area contributed by atoms with Gasteiger partial charge in [0.1, 0.15) is 6.61 Å². The van der Waals surface area contributed by atoms with Crippen LogP contribution in [0.3, 0.4) is 0 Å². The molecule has 0 aromatic carbocycles. The molecular weight excluding hydrogens is 396 g/mol. The second kappa shape index (κ2) is 19.3. The third kappa shape index (κ3) is 15.9. The Hall–Kier alpha value is -1.43. The fraction of sp³-hybridized carbons (Fsp3) is 0.880. The Kier molecular flexibility index (Phi) is 18.4. The number of aliphatic hydroxyl groups is 1. The van der Waals surface area contributed by atoms with Gasteiger partial charge in [0.15, 0.2) is 5.78 Å². The zero-order valence-corrected chi connectivity index (χ0v) is 20.2. The van der Waals surface area contributed by atoms with Crippen molar-refractivity contribution < 1.29 is 29.0 Å². The standard InChI is InChI=1S/C25H46O6/c1-4-5-6-7-8-9-10-11-12-13-14-15-16-17-18-19-24(29)25(20-26,31-23(3)28)21-30-22(2)27/h26H,4-21H2,1-3H3. The molecule has 1 N–H and O–H groups in total. The van der Waals surface area contributed by atoms with E-state index in [0.717, 1.165) is 19.3 Å². The molecule has 0 heterocycles. The Balaban J connectivity index is 3.84. The highest BCUT2D eigenvalue weighted by Gasteiger charge is 2.42. The molecule has 0 aromatic heterocycles. The van der Waals surface area contributed by atoms with E-state index in [1.54, 1.807) is 0 Å². The maximum absolute atomic E-state index is 12.5. The lowest BCUT2D eigenvalue weighted by molar-refractivity contribution is -0.181. The van der Waals surface area contributed by atoms with Crippen LogP contribution in [0, 0.1) is 0 Å². The maximum Gasteiger partial charge on any atom is 0.303 e. The van der Waals surface area contributed by atoms with Crippen LogP contribution < -0.4 is 0 Å². The van der Waals surface area contributed by atoms with Crippen LogP contribution >= 0.6 is 0 Å². The topological polar surface area (TPSA) is 89.9 Å². The van der Waals surface area contributed by atoms with Gasteiger partial charge in [0.2, 0.25) is 5.60 Å². The van der Waals surface area contributed by atoms with Crippen LogP contribution in [0.5, 0.6) is 0 Å². The molecular formula is C25H46O6. The van der Waals surface area contributed by atoms with Crippen molar-refractivity contribution in [3.8, 4) is 0 Å². The molecule has 0 aromatic rings. The monoisotopic (exact) mass is 442 g/mol. The van der Waals surface area contributed by atoms with E-state index in [9.17, 15) is 19.5 Å². The molecule has 0 fully saturated rings. The molecule has 0 amide bonds. The highest BCUT2D eigenvalue weighted by atomic mass is 16.6. The highest BCUT2D eigenvalue weighted by molar-refractivity contribution is 5.90. The first-order chi connectivity index (χ1) is 14.9. The number of ether oxygens (including phenoxy) is 2. The van der Waals surface area contributed by atoms with E-state index < -0.39 is 36.5 Å². The quantitative estimate of drug-likeness (QED) is 0.182. The number of unbranched alkanes of at least 4 members (excludes halogenated alkanes) is 14. The Morgan fingerprint density at radius 1 is 0.677 bits per heavy atom. The molecule has 0 saturated carbocycles. The van der Waals surface area contributed by atoms with Gasteiger partial charge in [-0.05, 0) is 6.42 Å². The van der Waals surface area contributed by atoms with Crippen molar-refractivity contribution in [3.05, 3.63) is 0 Å². The lowest BCUT2D eigenvalue weighted by Gasteiger charge is -2.29. The predicted octanol–water partition coefficient (Wildman–Crippen LogP) is 5.67. The third-order valence-corrected chi connectivity index (χ3v) is 5.62. The van der Waals surface area contributed by atoms with Gasteiger partial charge in [-0.3, -0.25) is 14.4 Å². The van der Waals surface area contributed by atoms with Crippen LogP contribution in [-0.4, -0.2) is 41.6 Å². The molecule has 31 heavy (non-hydrogen) atoms. The summed E-state index contributed by atoms with van der Waals surface area (Å²) >= 11 is 0. The number of carbonyl (C=O) groups is 3. The number of hydrogen-bond acceptors (Lipinski definition) is 6. The molecule has 0 spiro atoms. The minimum atomic E-state index is -1.78. The molecule has 0 aliphatic carbocycles. The Labute approximate surface area is 189 Å². The van der Waals surface area contributed by atoms with Gasteiger partial charge in [0.25, 0.3) is 0 Å². The predicted molar refractivity (Wildman–Crippen MR) is 123 cm³/mol. The van der Waals surface area contributed by atoms with Crippen LogP contribution in [0.1, 0.15) is 124 Å². The highest BCUT2D eigenvalue weighted by Crippen LogP contribution is 2.19. The fourth-order valence-corrected chi connectivity index (χ4v) is 3.71. The van der Waals surface area contributed by atoms with Crippen molar-refractivity contribution in [3.63, 3.8) is 0 Å². The number of hydrogen-bond donors (Lipinski definition) is 1. The largest absolute Gasteiger partial charge is 0.461 e. The molecule has 0 aliphatic rings. The van der Waals surface area contributed by atoms with Gasteiger partial charge in [0.05, 0.1) is 6.61 Å². The second-order valence-electron chi connectivity index (χ2n) is 8.65. The summed E-state index contributed by atoms with van der Waals surface area (Å²) in [5, 5.41) is 9.64. The van der Waals surface area contributed by atoms with Crippen LogP contribution in [0.2, 0.25) is 0 Å². The summed E-state index contributed by atoms with van der Waals surface area (Å²) in [6, 6.07) is 0. The van der Waals surface area contributed by atoms with Gasteiger partial charge in [-0.15, -0.1) is 0 Å². The minimum Gasteiger partial charge on any atom is -0.461 e. The van der Waals surface area contributed by atoms with E-state index in [2.05, 4.69) is 6.92 Å². The molecule has 0 rings (SSSR count). The molecule has 0 aliphatic heterocycles. The zero-order valence-electron chi connectivity index (χ0n) is 20.2. The van der Waals surface area contributed by atoms with E-state index in [-0.39, 0.29) is 6.42 Å². The summed E-state index contributed by atoms with van der Waals surface area (Å²) in [5.41, 5.74) is -1.78. The number of aliphatic hydroxyl groups excluding tert-OH is 1. The number of esters is 2. The summed E-state index contributed by atoms with van der Waals surface area (Å²) < 4.78 is 9.91. The van der Waals surface area contributed by atoms with Crippen LogP contribution in [0.25, 0.3) is 0 Å². The first kappa shape index (κ1) is 29.6. The van der Waals surface area contributed by atoms with Crippen molar-refractivity contribution in [2.75, 3.05) is 13.2 Å². The molecule has 6 heteroatoms. The van der Waals surface area contributed by atoms with Gasteiger partial charge in [-0.25, -0.2) is 0 Å². The van der Waals surface area contributed by atoms with Crippen LogP contribution in [0.4, 0.5) is 0 Å². The van der Waals surface area contributed by atoms with Gasteiger partial charge < -0.3 is 14.6 Å². The SMILES string of the molecule is CCCCCCCCCCCCCCCCCC(=O)C(CO)(COC(C)=O)OC(C)=O. The number of carbonyl (C=O) groups excluding carboxylic acids is 3. The number of rotatable bonds is 21. The average molecular weight is 443 g/mol. The number of ketones is 1. The molecule has 6 nitrogen and oxygen atoms in total. The molecule has 0 saturated heterocycles. The maximum atomic E-state index is 12.5. The summed E-state index contributed by atoms with van der Waals surface area (Å²) in [4.78, 5) is 35.0. The molecule has 182 valence electrons. The first-order valence-corrected chi connectivity index (χ1v) is 12.3. The lowest BCUT2D eigenvalue weighted by atomic mass is 9.94. The van der Waals surface area contributed by atoms with Crippen molar-refractivity contribution >= 4 is 17.7 Å². The van der Waals surface area contributed by atoms with E-state index in [0.29, 0.717) is 6.42 Å². The van der Waals surface area contributed by atoms with Crippen LogP contribution in [-0.2, 0) is 23.9 Å². The molecule has 0 bridgehead atoms. The molecule has 1 atom stereocenters. The van der Waals surface area contributed by atoms with Crippen molar-refractivity contribution in [1.29, 1.82) is 0 Å². The normalized spacial score (nSPS) is 12.9. The van der Waals surface area contributed by atoms with Crippen molar-refractivity contribution in [2.45, 2.75) is 129 Å². The summed E-state index contributed by atoms with van der Waals surface area (Å²) in [7, 11) is 0. The van der Waals surface area contributed by atoms with E-state index in [1.807, 2.05) is 0 Å². The Bertz CT molecular complexity index is 490. The lowest BCUT2D eigenvalue weighted by Crippen LogP contribution is -2.50. The number of Topliss-reactive ketones (excluding diaryl/α,β-unsaturated/α-hetero) is 1. The van der Waals surface area contributed by atoms with Gasteiger partial charge in [0, 0.05) is 20.3 Å². The summed E-state index contributed by atoms with van der Waals surface area (Å²) in [6.07, 6.45) is 18.7. The Morgan fingerprint density at radius 2 is 1.10 bits per heavy atom. The van der Waals surface area contributed by atoms with E-state index in [1.165, 1.54) is 84.5 Å². The van der Waals surface area contributed by atoms with E-state index >= 15 is 0 Å². The zero-order chi connectivity index (χ0) is 23.4. The minimum absolute atomic E-state index is 0.188. The van der Waals surface area contributed by atoms with Gasteiger partial charge >= 0.3 is 11.9 Å². The Morgan fingerprint density at radius 3 is 1.45 bits per heavy atom. The van der Waals surface area contributed by atoms with Gasteiger partial charge in [-0.1, -0.05) is 96.8 Å². The third-order valence-electron chi connectivity index (χ3n) is 5.62. The fourth-order valence-electron chi connectivity index (χ4n) is 3.71. The first-order valence-electron chi connectivity index (χ1n) is 12.3. The van der Waals surface area contributed by atoms with Crippen molar-refractivity contribution in [1.82, 2.24) is 0 Å². The summed E-state index contributed by atoms with van der Waals surface area (Å²) in [5.74, 6) is -1.68. The second-order valence-corrected chi connectivity index (χ2v) is 8.65. The van der Waals surface area contributed by atoms with Gasteiger partial charge in [-0.2, -0.15) is 0 Å². The summed E-state index contributed by atoms with van der Waals surface area (Å²) in [6.45, 7) is 3.47. The van der Waals surface area contributed by atoms with Crippen LogP contribution in [0.15, 0.2) is 0 Å². The molecule has 0 radical (unpaired) electrons.